The summed E-state index contributed by atoms with van der Waals surface area (Å²) in [7, 11) is 0. The van der Waals surface area contributed by atoms with Gasteiger partial charge in [0.2, 0.25) is 0 Å². The SMILES string of the molecule is CC(NC(=O)NC1CCCCC1)c1ccncc1. The first-order valence-electron chi connectivity index (χ1n) is 6.72. The number of carbonyl (C=O) groups excluding carboxylic acids is 1. The molecule has 2 amide bonds. The Labute approximate surface area is 108 Å². The molecule has 1 heterocycles. The standard InChI is InChI=1S/C14H21N3O/c1-11(12-7-9-15-10-8-12)16-14(18)17-13-5-3-2-4-6-13/h7-11,13H,2-6H2,1H3,(H2,16,17,18). The molecule has 4 heteroatoms. The molecule has 98 valence electrons. The molecule has 1 saturated carbocycles. The lowest BCUT2D eigenvalue weighted by atomic mass is 9.96. The second kappa shape index (κ2) is 6.38. The minimum absolute atomic E-state index is 0.0107. The third-order valence-corrected chi connectivity index (χ3v) is 3.49. The number of carbonyl (C=O) groups is 1. The van der Waals surface area contributed by atoms with Crippen LogP contribution in [-0.2, 0) is 0 Å². The highest BCUT2D eigenvalue weighted by Crippen LogP contribution is 2.17. The average molecular weight is 247 g/mol. The normalized spacial score (nSPS) is 18.1. The molecular formula is C14H21N3O. The lowest BCUT2D eigenvalue weighted by Crippen LogP contribution is -2.43. The zero-order valence-corrected chi connectivity index (χ0v) is 10.9. The topological polar surface area (TPSA) is 54.0 Å². The summed E-state index contributed by atoms with van der Waals surface area (Å²) in [5, 5.41) is 6.02. The van der Waals surface area contributed by atoms with E-state index in [4.69, 9.17) is 0 Å². The maximum absolute atomic E-state index is 11.9. The smallest absolute Gasteiger partial charge is 0.315 e. The van der Waals surface area contributed by atoms with Crippen LogP contribution in [0, 0.1) is 0 Å². The lowest BCUT2D eigenvalue weighted by Gasteiger charge is -2.24. The number of urea groups is 1. The van der Waals surface area contributed by atoms with E-state index < -0.39 is 0 Å². The molecule has 1 unspecified atom stereocenters. The van der Waals surface area contributed by atoms with Crippen LogP contribution in [0.25, 0.3) is 0 Å². The molecule has 0 saturated heterocycles. The Kier molecular flexibility index (Phi) is 4.56. The molecule has 0 aliphatic heterocycles. The number of hydrogen-bond acceptors (Lipinski definition) is 2. The highest BCUT2D eigenvalue weighted by molar-refractivity contribution is 5.74. The van der Waals surface area contributed by atoms with Crippen LogP contribution in [0.1, 0.15) is 50.6 Å². The predicted molar refractivity (Wildman–Crippen MR) is 71.2 cm³/mol. The number of nitrogens with zero attached hydrogens (tertiary/aromatic N) is 1. The molecule has 2 rings (SSSR count). The third kappa shape index (κ3) is 3.72. The van der Waals surface area contributed by atoms with Gasteiger partial charge in [0.15, 0.2) is 0 Å². The number of hydrogen-bond donors (Lipinski definition) is 2. The van der Waals surface area contributed by atoms with Crippen LogP contribution in [0.2, 0.25) is 0 Å². The van der Waals surface area contributed by atoms with E-state index >= 15 is 0 Å². The van der Waals surface area contributed by atoms with Gasteiger partial charge in [-0.05, 0) is 37.5 Å². The quantitative estimate of drug-likeness (QED) is 0.863. The van der Waals surface area contributed by atoms with Gasteiger partial charge in [0.1, 0.15) is 0 Å². The van der Waals surface area contributed by atoms with Gasteiger partial charge in [-0.1, -0.05) is 19.3 Å². The maximum atomic E-state index is 11.9. The summed E-state index contributed by atoms with van der Waals surface area (Å²) in [6.07, 6.45) is 9.45. The number of nitrogens with one attached hydrogen (secondary N) is 2. The van der Waals surface area contributed by atoms with E-state index in [1.165, 1.54) is 19.3 Å². The number of rotatable bonds is 3. The molecular weight excluding hydrogens is 226 g/mol. The molecule has 1 aromatic rings. The van der Waals surface area contributed by atoms with Crippen molar-refractivity contribution in [2.24, 2.45) is 0 Å². The Bertz CT molecular complexity index is 374. The van der Waals surface area contributed by atoms with Crippen molar-refractivity contribution in [3.63, 3.8) is 0 Å². The summed E-state index contributed by atoms with van der Waals surface area (Å²) in [4.78, 5) is 15.8. The van der Waals surface area contributed by atoms with Gasteiger partial charge in [-0.2, -0.15) is 0 Å². The van der Waals surface area contributed by atoms with Crippen molar-refractivity contribution in [1.82, 2.24) is 15.6 Å². The van der Waals surface area contributed by atoms with Gasteiger partial charge in [0, 0.05) is 18.4 Å². The van der Waals surface area contributed by atoms with Gasteiger partial charge in [-0.25, -0.2) is 4.79 Å². The van der Waals surface area contributed by atoms with Crippen molar-refractivity contribution < 1.29 is 4.79 Å². The number of aromatic nitrogens is 1. The Morgan fingerprint density at radius 3 is 2.61 bits per heavy atom. The van der Waals surface area contributed by atoms with Gasteiger partial charge < -0.3 is 10.6 Å². The monoisotopic (exact) mass is 247 g/mol. The molecule has 1 aromatic heterocycles. The first kappa shape index (κ1) is 12.9. The Morgan fingerprint density at radius 2 is 1.94 bits per heavy atom. The Morgan fingerprint density at radius 1 is 1.28 bits per heavy atom. The van der Waals surface area contributed by atoms with Crippen molar-refractivity contribution in [1.29, 1.82) is 0 Å². The third-order valence-electron chi connectivity index (χ3n) is 3.49. The summed E-state index contributed by atoms with van der Waals surface area (Å²) in [6, 6.07) is 4.14. The summed E-state index contributed by atoms with van der Waals surface area (Å²) < 4.78 is 0. The molecule has 1 aliphatic carbocycles. The van der Waals surface area contributed by atoms with Gasteiger partial charge in [-0.3, -0.25) is 4.98 Å². The molecule has 0 aromatic carbocycles. The van der Waals surface area contributed by atoms with E-state index in [0.717, 1.165) is 18.4 Å². The number of amides is 2. The fourth-order valence-corrected chi connectivity index (χ4v) is 2.41. The Hall–Kier alpha value is -1.58. The van der Waals surface area contributed by atoms with Gasteiger partial charge in [0.05, 0.1) is 6.04 Å². The van der Waals surface area contributed by atoms with Crippen molar-refractivity contribution in [2.75, 3.05) is 0 Å². The minimum Gasteiger partial charge on any atom is -0.335 e. The van der Waals surface area contributed by atoms with E-state index in [1.54, 1.807) is 12.4 Å². The molecule has 1 fully saturated rings. The summed E-state index contributed by atoms with van der Waals surface area (Å²) in [5.41, 5.74) is 1.07. The van der Waals surface area contributed by atoms with Crippen LogP contribution in [0.5, 0.6) is 0 Å². The van der Waals surface area contributed by atoms with Crippen molar-refractivity contribution in [2.45, 2.75) is 51.1 Å². The van der Waals surface area contributed by atoms with Crippen molar-refractivity contribution >= 4 is 6.03 Å². The van der Waals surface area contributed by atoms with Gasteiger partial charge in [-0.15, -0.1) is 0 Å². The molecule has 4 nitrogen and oxygen atoms in total. The fourth-order valence-electron chi connectivity index (χ4n) is 2.41. The minimum atomic E-state index is -0.0637. The van der Waals surface area contributed by atoms with E-state index in [-0.39, 0.29) is 12.1 Å². The van der Waals surface area contributed by atoms with E-state index in [0.29, 0.717) is 6.04 Å². The second-order valence-electron chi connectivity index (χ2n) is 4.95. The largest absolute Gasteiger partial charge is 0.335 e. The molecule has 0 radical (unpaired) electrons. The maximum Gasteiger partial charge on any atom is 0.315 e. The highest BCUT2D eigenvalue weighted by Gasteiger charge is 2.16. The van der Waals surface area contributed by atoms with Crippen molar-refractivity contribution in [3.05, 3.63) is 30.1 Å². The number of pyridine rings is 1. The van der Waals surface area contributed by atoms with Gasteiger partial charge >= 0.3 is 6.03 Å². The Balaban J connectivity index is 1.80. The highest BCUT2D eigenvalue weighted by atomic mass is 16.2. The van der Waals surface area contributed by atoms with Crippen LogP contribution < -0.4 is 10.6 Å². The zero-order chi connectivity index (χ0) is 12.8. The van der Waals surface area contributed by atoms with E-state index in [9.17, 15) is 4.79 Å². The molecule has 1 atom stereocenters. The first-order chi connectivity index (χ1) is 8.75. The molecule has 0 bridgehead atoms. The van der Waals surface area contributed by atoms with Crippen LogP contribution in [0.15, 0.2) is 24.5 Å². The summed E-state index contributed by atoms with van der Waals surface area (Å²) in [6.45, 7) is 1.98. The first-order valence-corrected chi connectivity index (χ1v) is 6.72. The van der Waals surface area contributed by atoms with Crippen LogP contribution in [0.4, 0.5) is 4.79 Å². The van der Waals surface area contributed by atoms with Crippen LogP contribution >= 0.6 is 0 Å². The lowest BCUT2D eigenvalue weighted by molar-refractivity contribution is 0.229. The average Bonchev–Trinajstić information content (AvgIpc) is 2.40. The van der Waals surface area contributed by atoms with Gasteiger partial charge in [0.25, 0.3) is 0 Å². The van der Waals surface area contributed by atoms with Crippen LogP contribution in [0.3, 0.4) is 0 Å². The summed E-state index contributed by atoms with van der Waals surface area (Å²) >= 11 is 0. The van der Waals surface area contributed by atoms with E-state index in [1.807, 2.05) is 19.1 Å². The van der Waals surface area contributed by atoms with Crippen LogP contribution in [-0.4, -0.2) is 17.1 Å². The molecule has 1 aliphatic rings. The van der Waals surface area contributed by atoms with E-state index in [2.05, 4.69) is 15.6 Å². The molecule has 0 spiro atoms. The molecule has 18 heavy (non-hydrogen) atoms. The second-order valence-corrected chi connectivity index (χ2v) is 4.95. The summed E-state index contributed by atoms with van der Waals surface area (Å²) in [5.74, 6) is 0. The fraction of sp³-hybridized carbons (Fsp3) is 0.571. The molecule has 2 N–H and O–H groups in total. The van der Waals surface area contributed by atoms with Crippen molar-refractivity contribution in [3.8, 4) is 0 Å². The zero-order valence-electron chi connectivity index (χ0n) is 10.9. The predicted octanol–water partition coefficient (Wildman–Crippen LogP) is 2.77.